The zero-order valence-corrected chi connectivity index (χ0v) is 15.2. The second-order valence-electron chi connectivity index (χ2n) is 7.87. The first-order valence-corrected chi connectivity index (χ1v) is 8.43. The van der Waals surface area contributed by atoms with Crippen LogP contribution in [-0.2, 0) is 9.53 Å². The molecule has 5 nitrogen and oxygen atoms in total. The number of nitrogens with one attached hydrogen (secondary N) is 2. The van der Waals surface area contributed by atoms with E-state index < -0.39 is 5.54 Å². The van der Waals surface area contributed by atoms with Gasteiger partial charge >= 0.3 is 5.97 Å². The van der Waals surface area contributed by atoms with Gasteiger partial charge in [0, 0.05) is 16.6 Å². The summed E-state index contributed by atoms with van der Waals surface area (Å²) >= 11 is 0. The molecule has 24 heavy (non-hydrogen) atoms. The molecule has 0 radical (unpaired) electrons. The molecule has 0 aliphatic carbocycles. The molecule has 2 rings (SSSR count). The molecule has 0 spiro atoms. The van der Waals surface area contributed by atoms with Crippen molar-refractivity contribution in [2.45, 2.75) is 64.1 Å². The van der Waals surface area contributed by atoms with Crippen molar-refractivity contribution < 1.29 is 14.3 Å². The second-order valence-corrected chi connectivity index (χ2v) is 7.87. The van der Waals surface area contributed by atoms with Gasteiger partial charge in [0.2, 0.25) is 0 Å². The quantitative estimate of drug-likeness (QED) is 0.832. The lowest BCUT2D eigenvalue weighted by molar-refractivity contribution is -0.155. The molecule has 1 aromatic carbocycles. The first kappa shape index (κ1) is 18.5. The van der Waals surface area contributed by atoms with Crippen LogP contribution in [0.3, 0.4) is 0 Å². The Bertz CT molecular complexity index is 592. The molecule has 1 aliphatic heterocycles. The third-order valence-corrected chi connectivity index (χ3v) is 4.22. The van der Waals surface area contributed by atoms with Crippen LogP contribution in [0.15, 0.2) is 30.3 Å². The van der Waals surface area contributed by atoms with Crippen molar-refractivity contribution in [3.63, 3.8) is 0 Å². The molecule has 0 saturated carbocycles. The number of esters is 1. The molecule has 1 amide bonds. The third kappa shape index (κ3) is 4.15. The molecule has 1 heterocycles. The number of hydrogen-bond donors (Lipinski definition) is 2. The maximum atomic E-state index is 12.8. The molecular weight excluding hydrogens is 304 g/mol. The van der Waals surface area contributed by atoms with Gasteiger partial charge in [0.25, 0.3) is 5.91 Å². The molecule has 1 aromatic rings. The lowest BCUT2D eigenvalue weighted by Crippen LogP contribution is -2.71. The minimum Gasteiger partial charge on any atom is -0.464 e. The zero-order valence-electron chi connectivity index (χ0n) is 15.2. The normalized spacial score (nSPS) is 20.9. The van der Waals surface area contributed by atoms with E-state index in [9.17, 15) is 9.59 Å². The van der Waals surface area contributed by atoms with Crippen molar-refractivity contribution in [1.82, 2.24) is 10.6 Å². The minimum atomic E-state index is -1.04. The predicted molar refractivity (Wildman–Crippen MR) is 93.8 cm³/mol. The second kappa shape index (κ2) is 6.55. The summed E-state index contributed by atoms with van der Waals surface area (Å²) in [4.78, 5) is 25.5. The number of carbonyl (C=O) groups is 2. The van der Waals surface area contributed by atoms with E-state index in [1.165, 1.54) is 0 Å². The van der Waals surface area contributed by atoms with Crippen LogP contribution in [0, 0.1) is 0 Å². The first-order valence-electron chi connectivity index (χ1n) is 8.43. The van der Waals surface area contributed by atoms with Gasteiger partial charge in [-0.05, 0) is 59.6 Å². The molecular formula is C19H28N2O3. The van der Waals surface area contributed by atoms with Gasteiger partial charge < -0.3 is 15.4 Å². The molecule has 1 saturated heterocycles. The molecule has 0 unspecified atom stereocenters. The van der Waals surface area contributed by atoms with Crippen molar-refractivity contribution in [2.24, 2.45) is 0 Å². The number of amides is 1. The lowest BCUT2D eigenvalue weighted by atomic mass is 9.70. The highest BCUT2D eigenvalue weighted by molar-refractivity contribution is 5.98. The van der Waals surface area contributed by atoms with E-state index in [0.29, 0.717) is 18.4 Å². The first-order chi connectivity index (χ1) is 11.1. The summed E-state index contributed by atoms with van der Waals surface area (Å²) in [5.41, 5.74) is -1.12. The van der Waals surface area contributed by atoms with Crippen LogP contribution in [0.1, 0.15) is 57.8 Å². The Morgan fingerprint density at radius 1 is 1.08 bits per heavy atom. The molecule has 0 aromatic heterocycles. The Morgan fingerprint density at radius 2 is 1.62 bits per heavy atom. The van der Waals surface area contributed by atoms with E-state index in [1.54, 1.807) is 19.1 Å². The van der Waals surface area contributed by atoms with Gasteiger partial charge in [-0.25, -0.2) is 4.79 Å². The number of carbonyl (C=O) groups excluding carboxylic acids is 2. The highest BCUT2D eigenvalue weighted by atomic mass is 16.5. The average Bonchev–Trinajstić information content (AvgIpc) is 2.45. The zero-order chi connectivity index (χ0) is 18.0. The minimum absolute atomic E-state index is 0.253. The van der Waals surface area contributed by atoms with Gasteiger partial charge in [-0.1, -0.05) is 18.2 Å². The molecule has 5 heteroatoms. The molecule has 132 valence electrons. The van der Waals surface area contributed by atoms with Crippen molar-refractivity contribution in [2.75, 3.05) is 6.61 Å². The maximum absolute atomic E-state index is 12.8. The Labute approximate surface area is 144 Å². The van der Waals surface area contributed by atoms with Gasteiger partial charge in [0.1, 0.15) is 5.54 Å². The summed E-state index contributed by atoms with van der Waals surface area (Å²) in [6.45, 7) is 10.2. The van der Waals surface area contributed by atoms with Crippen molar-refractivity contribution in [3.8, 4) is 0 Å². The largest absolute Gasteiger partial charge is 0.464 e. The maximum Gasteiger partial charge on any atom is 0.331 e. The standard InChI is InChI=1S/C19H28N2O3/c1-6-24-16(23)19(12-17(2,3)21-18(4,5)13-19)20-15(22)14-10-8-7-9-11-14/h7-11,21H,6,12-13H2,1-5H3,(H,20,22). The SMILES string of the molecule is CCOC(=O)C1(NC(=O)c2ccccc2)CC(C)(C)NC(C)(C)C1. The Balaban J connectivity index is 2.37. The summed E-state index contributed by atoms with van der Waals surface area (Å²) in [6.07, 6.45) is 0.946. The van der Waals surface area contributed by atoms with E-state index in [0.717, 1.165) is 0 Å². The summed E-state index contributed by atoms with van der Waals surface area (Å²) in [7, 11) is 0. The lowest BCUT2D eigenvalue weighted by Gasteiger charge is -2.51. The van der Waals surface area contributed by atoms with Gasteiger partial charge in [-0.15, -0.1) is 0 Å². The summed E-state index contributed by atoms with van der Waals surface area (Å²) in [5.74, 6) is -0.617. The van der Waals surface area contributed by atoms with Crippen LogP contribution in [0.25, 0.3) is 0 Å². The van der Waals surface area contributed by atoms with Gasteiger partial charge in [-0.3, -0.25) is 4.79 Å². The van der Waals surface area contributed by atoms with Gasteiger partial charge in [-0.2, -0.15) is 0 Å². The summed E-state index contributed by atoms with van der Waals surface area (Å²) < 4.78 is 5.33. The number of piperidine rings is 1. The van der Waals surface area contributed by atoms with Crippen molar-refractivity contribution >= 4 is 11.9 Å². The molecule has 0 bridgehead atoms. The molecule has 0 atom stereocenters. The molecule has 2 N–H and O–H groups in total. The van der Waals surface area contributed by atoms with Crippen molar-refractivity contribution in [3.05, 3.63) is 35.9 Å². The van der Waals surface area contributed by atoms with Crippen LogP contribution in [0.2, 0.25) is 0 Å². The number of benzene rings is 1. The van der Waals surface area contributed by atoms with Crippen LogP contribution in [0.5, 0.6) is 0 Å². The fourth-order valence-corrected chi connectivity index (χ4v) is 4.01. The van der Waals surface area contributed by atoms with Crippen LogP contribution >= 0.6 is 0 Å². The van der Waals surface area contributed by atoms with Crippen LogP contribution in [0.4, 0.5) is 0 Å². The summed E-state index contributed by atoms with van der Waals surface area (Å²) in [6, 6.07) is 8.95. The highest BCUT2D eigenvalue weighted by Crippen LogP contribution is 2.37. The van der Waals surface area contributed by atoms with Gasteiger partial charge in [0.05, 0.1) is 6.61 Å². The van der Waals surface area contributed by atoms with Crippen LogP contribution in [-0.4, -0.2) is 35.1 Å². The fraction of sp³-hybridized carbons (Fsp3) is 0.579. The van der Waals surface area contributed by atoms with E-state index in [4.69, 9.17) is 4.74 Å². The number of ether oxygens (including phenoxy) is 1. The monoisotopic (exact) mass is 332 g/mol. The van der Waals surface area contributed by atoms with E-state index in [1.807, 2.05) is 45.9 Å². The van der Waals surface area contributed by atoms with Gasteiger partial charge in [0.15, 0.2) is 0 Å². The fourth-order valence-electron chi connectivity index (χ4n) is 4.01. The van der Waals surface area contributed by atoms with E-state index in [-0.39, 0.29) is 29.6 Å². The number of hydrogen-bond acceptors (Lipinski definition) is 4. The molecule has 1 aliphatic rings. The van der Waals surface area contributed by atoms with Crippen molar-refractivity contribution in [1.29, 1.82) is 0 Å². The highest BCUT2D eigenvalue weighted by Gasteiger charge is 2.53. The number of rotatable bonds is 4. The summed E-state index contributed by atoms with van der Waals surface area (Å²) in [5, 5.41) is 6.53. The van der Waals surface area contributed by atoms with E-state index in [2.05, 4.69) is 10.6 Å². The molecule has 1 fully saturated rings. The predicted octanol–water partition coefficient (Wildman–Crippen LogP) is 2.66. The van der Waals surface area contributed by atoms with Crippen LogP contribution < -0.4 is 10.6 Å². The topological polar surface area (TPSA) is 67.4 Å². The smallest absolute Gasteiger partial charge is 0.331 e. The third-order valence-electron chi connectivity index (χ3n) is 4.22. The average molecular weight is 332 g/mol. The Kier molecular flexibility index (Phi) is 5.04. The Hall–Kier alpha value is -1.88. The van der Waals surface area contributed by atoms with E-state index >= 15 is 0 Å². The Morgan fingerprint density at radius 3 is 2.12 bits per heavy atom.